The smallest absolute Gasteiger partial charge is 0.180 e. The molecule has 0 amide bonds. The number of hydrogen-bond donors (Lipinski definition) is 0. The van der Waals surface area contributed by atoms with Crippen molar-refractivity contribution in [3.8, 4) is 21.9 Å². The highest BCUT2D eigenvalue weighted by Crippen LogP contribution is 2.37. The minimum absolute atomic E-state index is 0.468. The van der Waals surface area contributed by atoms with Crippen LogP contribution in [0.3, 0.4) is 0 Å². The van der Waals surface area contributed by atoms with Crippen molar-refractivity contribution in [2.75, 3.05) is 0 Å². The minimum Gasteiger partial charge on any atom is -0.203 e. The lowest BCUT2D eigenvalue weighted by molar-refractivity contribution is 0.447. The summed E-state index contributed by atoms with van der Waals surface area (Å²) in [6.07, 6.45) is 1.14. The van der Waals surface area contributed by atoms with Crippen LogP contribution in [0.4, 0.5) is 17.6 Å². The van der Waals surface area contributed by atoms with Crippen molar-refractivity contribution in [2.24, 2.45) is 0 Å². The van der Waals surface area contributed by atoms with E-state index in [0.29, 0.717) is 4.88 Å². The second kappa shape index (κ2) is 7.65. The van der Waals surface area contributed by atoms with E-state index in [-0.39, 0.29) is 0 Å². The van der Waals surface area contributed by atoms with Crippen LogP contribution in [0.25, 0.3) is 21.4 Å². The summed E-state index contributed by atoms with van der Waals surface area (Å²) in [6.45, 7) is 0. The first-order valence-electron chi connectivity index (χ1n) is 7.11. The highest BCUT2D eigenvalue weighted by molar-refractivity contribution is 9.11. The fourth-order valence-electron chi connectivity index (χ4n) is 2.28. The number of hydrogen-bond acceptors (Lipinski definition) is 4. The molecule has 0 saturated carbocycles. The molecule has 0 N–H and O–H groups in total. The van der Waals surface area contributed by atoms with Crippen LogP contribution >= 0.6 is 38.6 Å². The van der Waals surface area contributed by atoms with Crippen LogP contribution in [0, 0.1) is 45.9 Å². The third-order valence-corrected chi connectivity index (χ3v) is 6.35. The Kier molecular flexibility index (Phi) is 5.47. The van der Waals surface area contributed by atoms with Gasteiger partial charge in [0.25, 0.3) is 0 Å². The summed E-state index contributed by atoms with van der Waals surface area (Å²) < 4.78 is 56.9. The predicted octanol–water partition coefficient (Wildman–Crippen LogP) is 6.73. The highest BCUT2D eigenvalue weighted by atomic mass is 79.9. The summed E-state index contributed by atoms with van der Waals surface area (Å²) in [5.41, 5.74) is -3.10. The first kappa shape index (κ1) is 19.3. The van der Waals surface area contributed by atoms with E-state index in [1.807, 2.05) is 12.1 Å². The average Bonchev–Trinajstić information content (AvgIpc) is 3.28. The van der Waals surface area contributed by atoms with Crippen molar-refractivity contribution >= 4 is 50.3 Å². The van der Waals surface area contributed by atoms with Gasteiger partial charge in [-0.25, -0.2) is 17.6 Å². The molecule has 2 heterocycles. The minimum atomic E-state index is -1.83. The van der Waals surface area contributed by atoms with Crippen LogP contribution in [0.1, 0.15) is 16.0 Å². The summed E-state index contributed by atoms with van der Waals surface area (Å²) in [7, 11) is 0. The molecule has 9 heteroatoms. The zero-order chi connectivity index (χ0) is 19.7. The Morgan fingerprint density at radius 2 is 1.48 bits per heavy atom. The summed E-state index contributed by atoms with van der Waals surface area (Å²) in [6, 6.07) is 9.76. The van der Waals surface area contributed by atoms with Crippen LogP contribution in [0.5, 0.6) is 0 Å². The lowest BCUT2D eigenvalue weighted by Crippen LogP contribution is -2.06. The molecule has 3 aromatic rings. The van der Waals surface area contributed by atoms with Gasteiger partial charge in [-0.05, 0) is 46.3 Å². The number of thiophene rings is 2. The van der Waals surface area contributed by atoms with Gasteiger partial charge >= 0.3 is 0 Å². The maximum Gasteiger partial charge on any atom is 0.180 e. The third-order valence-electron chi connectivity index (χ3n) is 3.49. The topological polar surface area (TPSA) is 47.6 Å². The summed E-state index contributed by atoms with van der Waals surface area (Å²) >= 11 is 6.07. The van der Waals surface area contributed by atoms with Gasteiger partial charge in [-0.15, -0.1) is 22.7 Å². The Hall–Kier alpha value is -2.46. The van der Waals surface area contributed by atoms with Gasteiger partial charge in [-0.2, -0.15) is 10.5 Å². The molecule has 1 aromatic carbocycles. The fourth-order valence-corrected chi connectivity index (χ4v) is 4.71. The Bertz CT molecular complexity index is 1140. The van der Waals surface area contributed by atoms with E-state index in [9.17, 15) is 22.8 Å². The van der Waals surface area contributed by atoms with Crippen molar-refractivity contribution in [3.63, 3.8) is 0 Å². The highest BCUT2D eigenvalue weighted by Gasteiger charge is 2.27. The lowest BCUT2D eigenvalue weighted by atomic mass is 10.0. The SMILES string of the molecule is N#C/C(=C\c1ccc(-c2ccc(Br)s2)s1)c1c(F)c(F)c(C#N)c(F)c1F. The Labute approximate surface area is 167 Å². The number of nitrogens with zero attached hydrogens (tertiary/aromatic N) is 2. The molecule has 0 aliphatic heterocycles. The van der Waals surface area contributed by atoms with E-state index in [1.54, 1.807) is 18.2 Å². The van der Waals surface area contributed by atoms with Gasteiger partial charge in [0.2, 0.25) is 0 Å². The van der Waals surface area contributed by atoms with Crippen molar-refractivity contribution in [1.29, 1.82) is 10.5 Å². The number of halogens is 5. The summed E-state index contributed by atoms with van der Waals surface area (Å²) in [5.74, 6) is -7.22. The van der Waals surface area contributed by atoms with Crippen molar-refractivity contribution in [2.45, 2.75) is 0 Å². The van der Waals surface area contributed by atoms with Gasteiger partial charge in [0.15, 0.2) is 23.3 Å². The second-order valence-electron chi connectivity index (χ2n) is 5.09. The number of nitriles is 2. The van der Waals surface area contributed by atoms with Gasteiger partial charge in [0.05, 0.1) is 14.9 Å². The molecule has 3 rings (SSSR count). The van der Waals surface area contributed by atoms with E-state index >= 15 is 0 Å². The number of allylic oxidation sites excluding steroid dienone is 1. The van der Waals surface area contributed by atoms with Crippen LogP contribution in [-0.2, 0) is 0 Å². The van der Waals surface area contributed by atoms with Crippen molar-refractivity contribution in [1.82, 2.24) is 0 Å². The maximum absolute atomic E-state index is 14.2. The van der Waals surface area contributed by atoms with Crippen LogP contribution in [-0.4, -0.2) is 0 Å². The maximum atomic E-state index is 14.2. The predicted molar refractivity (Wildman–Crippen MR) is 99.8 cm³/mol. The largest absolute Gasteiger partial charge is 0.203 e. The van der Waals surface area contributed by atoms with Crippen molar-refractivity contribution < 1.29 is 17.6 Å². The monoisotopic (exact) mass is 468 g/mol. The molecule has 0 spiro atoms. The Balaban J connectivity index is 2.11. The molecular formula is C18H5BrF4N2S2. The number of benzene rings is 1. The van der Waals surface area contributed by atoms with Crippen LogP contribution in [0.2, 0.25) is 0 Å². The van der Waals surface area contributed by atoms with E-state index in [4.69, 9.17) is 5.26 Å². The zero-order valence-corrected chi connectivity index (χ0v) is 16.2. The van der Waals surface area contributed by atoms with E-state index < -0.39 is 40.0 Å². The average molecular weight is 469 g/mol. The lowest BCUT2D eigenvalue weighted by Gasteiger charge is -2.07. The van der Waals surface area contributed by atoms with Crippen molar-refractivity contribution in [3.05, 3.63) is 67.3 Å². The van der Waals surface area contributed by atoms with Gasteiger partial charge in [-0.1, -0.05) is 0 Å². The Morgan fingerprint density at radius 3 is 2.00 bits per heavy atom. The van der Waals surface area contributed by atoms with E-state index in [2.05, 4.69) is 15.9 Å². The molecule has 2 nitrogen and oxygen atoms in total. The van der Waals surface area contributed by atoms with Gasteiger partial charge < -0.3 is 0 Å². The molecule has 0 radical (unpaired) electrons. The quantitative estimate of drug-likeness (QED) is 0.243. The first-order valence-corrected chi connectivity index (χ1v) is 9.53. The zero-order valence-electron chi connectivity index (χ0n) is 13.0. The molecule has 27 heavy (non-hydrogen) atoms. The molecule has 0 aliphatic carbocycles. The van der Waals surface area contributed by atoms with Crippen LogP contribution in [0.15, 0.2) is 28.1 Å². The summed E-state index contributed by atoms with van der Waals surface area (Å²) in [4.78, 5) is 2.26. The third kappa shape index (κ3) is 3.54. The molecular weight excluding hydrogens is 464 g/mol. The molecule has 0 aliphatic rings. The van der Waals surface area contributed by atoms with Gasteiger partial charge in [0.1, 0.15) is 17.7 Å². The first-order chi connectivity index (χ1) is 12.9. The fraction of sp³-hybridized carbons (Fsp3) is 0. The number of rotatable bonds is 3. The Morgan fingerprint density at radius 1 is 0.889 bits per heavy atom. The standard InChI is InChI=1S/C18H5BrF4N2S2/c19-13-4-3-12(27-13)11-2-1-9(26-11)5-8(6-24)14-17(22)15(20)10(7-25)16(21)18(14)23/h1-5H/b8-5+. The molecule has 0 unspecified atom stereocenters. The van der Waals surface area contributed by atoms with E-state index in [1.165, 1.54) is 22.7 Å². The molecule has 0 bridgehead atoms. The molecule has 0 saturated heterocycles. The molecule has 0 atom stereocenters. The van der Waals surface area contributed by atoms with Crippen LogP contribution < -0.4 is 0 Å². The van der Waals surface area contributed by atoms with Gasteiger partial charge in [-0.3, -0.25) is 0 Å². The summed E-state index contributed by atoms with van der Waals surface area (Å²) in [5, 5.41) is 17.9. The second-order valence-corrected chi connectivity index (χ2v) is 8.67. The molecule has 134 valence electrons. The molecule has 0 fully saturated rings. The van der Waals surface area contributed by atoms with E-state index in [0.717, 1.165) is 25.7 Å². The molecule has 2 aromatic heterocycles. The van der Waals surface area contributed by atoms with Gasteiger partial charge in [0, 0.05) is 14.6 Å². The normalized spacial score (nSPS) is 11.3.